The highest BCUT2D eigenvalue weighted by Gasteiger charge is 2.13. The van der Waals surface area contributed by atoms with Gasteiger partial charge in [-0.25, -0.2) is 13.2 Å². The molecule has 6 nitrogen and oxygen atoms in total. The SMILES string of the molecule is CCCCS(=O)(=O)Nc1ccc(C(=O)O)c(O)c1. The molecule has 7 heteroatoms. The van der Waals surface area contributed by atoms with Crippen LogP contribution in [-0.4, -0.2) is 30.4 Å². The summed E-state index contributed by atoms with van der Waals surface area (Å²) in [6.45, 7) is 1.88. The highest BCUT2D eigenvalue weighted by atomic mass is 32.2. The van der Waals surface area contributed by atoms with Crippen molar-refractivity contribution >= 4 is 21.7 Å². The summed E-state index contributed by atoms with van der Waals surface area (Å²) in [6.07, 6.45) is 1.29. The third-order valence-corrected chi connectivity index (χ3v) is 3.64. The molecule has 0 saturated carbocycles. The van der Waals surface area contributed by atoms with Gasteiger partial charge in [0.05, 0.1) is 11.4 Å². The number of anilines is 1. The molecule has 0 aliphatic rings. The number of aromatic carboxylic acids is 1. The molecule has 0 aromatic heterocycles. The lowest BCUT2D eigenvalue weighted by Gasteiger charge is -2.08. The van der Waals surface area contributed by atoms with Crippen molar-refractivity contribution in [3.05, 3.63) is 23.8 Å². The van der Waals surface area contributed by atoms with Crippen molar-refractivity contribution in [2.24, 2.45) is 0 Å². The number of rotatable bonds is 6. The average Bonchev–Trinajstić information content (AvgIpc) is 2.25. The molecule has 0 unspecified atom stereocenters. The van der Waals surface area contributed by atoms with Crippen molar-refractivity contribution in [2.45, 2.75) is 19.8 Å². The average molecular weight is 273 g/mol. The highest BCUT2D eigenvalue weighted by Crippen LogP contribution is 2.22. The Bertz CT molecular complexity index is 538. The summed E-state index contributed by atoms with van der Waals surface area (Å²) >= 11 is 0. The fraction of sp³-hybridized carbons (Fsp3) is 0.364. The lowest BCUT2D eigenvalue weighted by atomic mass is 10.2. The minimum absolute atomic E-state index is 0.00898. The molecule has 1 aromatic carbocycles. The zero-order valence-corrected chi connectivity index (χ0v) is 10.7. The van der Waals surface area contributed by atoms with Gasteiger partial charge in [-0.05, 0) is 18.6 Å². The van der Waals surface area contributed by atoms with E-state index in [9.17, 15) is 18.3 Å². The van der Waals surface area contributed by atoms with E-state index in [0.29, 0.717) is 6.42 Å². The maximum atomic E-state index is 11.6. The standard InChI is InChI=1S/C11H15NO5S/c1-2-3-6-18(16,17)12-8-4-5-9(11(14)15)10(13)7-8/h4-5,7,12-13H,2-3,6H2,1H3,(H,14,15). The quantitative estimate of drug-likeness (QED) is 0.730. The maximum absolute atomic E-state index is 11.6. The molecule has 0 radical (unpaired) electrons. The second-order valence-corrected chi connectivity index (χ2v) is 5.65. The number of carbonyl (C=O) groups is 1. The van der Waals surface area contributed by atoms with Crippen molar-refractivity contribution in [3.8, 4) is 5.75 Å². The Balaban J connectivity index is 2.87. The number of benzene rings is 1. The Hall–Kier alpha value is -1.76. The summed E-state index contributed by atoms with van der Waals surface area (Å²) in [7, 11) is -3.46. The molecule has 1 aromatic rings. The molecule has 0 saturated heterocycles. The van der Waals surface area contributed by atoms with E-state index in [4.69, 9.17) is 5.11 Å². The molecule has 0 bridgehead atoms. The number of hydrogen-bond acceptors (Lipinski definition) is 4. The monoisotopic (exact) mass is 273 g/mol. The van der Waals surface area contributed by atoms with Crippen LogP contribution >= 0.6 is 0 Å². The number of unbranched alkanes of at least 4 members (excludes halogenated alkanes) is 1. The summed E-state index contributed by atoms with van der Waals surface area (Å²) in [6, 6.07) is 3.52. The maximum Gasteiger partial charge on any atom is 0.339 e. The van der Waals surface area contributed by atoms with Gasteiger partial charge in [0, 0.05) is 6.07 Å². The van der Waals surface area contributed by atoms with Gasteiger partial charge in [-0.2, -0.15) is 0 Å². The molecule has 0 amide bonds. The molecule has 0 spiro atoms. The van der Waals surface area contributed by atoms with Crippen LogP contribution in [0.5, 0.6) is 5.75 Å². The molecule has 0 aliphatic carbocycles. The molecule has 3 N–H and O–H groups in total. The van der Waals surface area contributed by atoms with Gasteiger partial charge in [0.15, 0.2) is 0 Å². The van der Waals surface area contributed by atoms with E-state index in [1.54, 1.807) is 0 Å². The highest BCUT2D eigenvalue weighted by molar-refractivity contribution is 7.92. The van der Waals surface area contributed by atoms with E-state index in [0.717, 1.165) is 18.6 Å². The molecular weight excluding hydrogens is 258 g/mol. The van der Waals surface area contributed by atoms with Crippen molar-refractivity contribution in [2.75, 3.05) is 10.5 Å². The van der Waals surface area contributed by atoms with E-state index >= 15 is 0 Å². The number of aromatic hydroxyl groups is 1. The first-order valence-electron chi connectivity index (χ1n) is 5.42. The Morgan fingerprint density at radius 2 is 2.06 bits per heavy atom. The number of phenols is 1. The Morgan fingerprint density at radius 3 is 2.56 bits per heavy atom. The van der Waals surface area contributed by atoms with Gasteiger partial charge >= 0.3 is 5.97 Å². The van der Waals surface area contributed by atoms with Crippen molar-refractivity contribution in [1.29, 1.82) is 0 Å². The van der Waals surface area contributed by atoms with E-state index in [2.05, 4.69) is 4.72 Å². The van der Waals surface area contributed by atoms with Crippen LogP contribution in [0.1, 0.15) is 30.1 Å². The second-order valence-electron chi connectivity index (χ2n) is 3.81. The summed E-state index contributed by atoms with van der Waals surface area (Å²) in [5.41, 5.74) is -0.125. The summed E-state index contributed by atoms with van der Waals surface area (Å²) in [4.78, 5) is 10.7. The lowest BCUT2D eigenvalue weighted by molar-refractivity contribution is 0.0694. The molecule has 100 valence electrons. The van der Waals surface area contributed by atoms with Gasteiger partial charge in [0.25, 0.3) is 0 Å². The van der Waals surface area contributed by atoms with Crippen molar-refractivity contribution in [1.82, 2.24) is 0 Å². The largest absolute Gasteiger partial charge is 0.507 e. The van der Waals surface area contributed by atoms with Crippen LogP contribution in [0.3, 0.4) is 0 Å². The number of carboxylic acids is 1. The molecule has 0 fully saturated rings. The van der Waals surface area contributed by atoms with E-state index < -0.39 is 21.7 Å². The van der Waals surface area contributed by atoms with E-state index in [1.807, 2.05) is 6.92 Å². The zero-order chi connectivity index (χ0) is 13.8. The van der Waals surface area contributed by atoms with Crippen molar-refractivity contribution < 1.29 is 23.4 Å². The third kappa shape index (κ3) is 3.92. The molecular formula is C11H15NO5S. The van der Waals surface area contributed by atoms with Crippen LogP contribution < -0.4 is 4.72 Å². The fourth-order valence-corrected chi connectivity index (χ4v) is 2.60. The first-order chi connectivity index (χ1) is 8.35. The Labute approximate surface area is 105 Å². The molecule has 0 aliphatic heterocycles. The molecule has 0 heterocycles. The first-order valence-corrected chi connectivity index (χ1v) is 7.07. The van der Waals surface area contributed by atoms with E-state index in [1.165, 1.54) is 6.07 Å². The smallest absolute Gasteiger partial charge is 0.339 e. The number of sulfonamides is 1. The zero-order valence-electron chi connectivity index (χ0n) is 9.88. The number of hydrogen-bond donors (Lipinski definition) is 3. The molecule has 0 atom stereocenters. The topological polar surface area (TPSA) is 104 Å². The van der Waals surface area contributed by atoms with Crippen LogP contribution in [0, 0.1) is 0 Å². The van der Waals surface area contributed by atoms with E-state index in [-0.39, 0.29) is 17.0 Å². The van der Waals surface area contributed by atoms with Crippen molar-refractivity contribution in [3.63, 3.8) is 0 Å². The summed E-state index contributed by atoms with van der Waals surface area (Å²) < 4.78 is 25.4. The second kappa shape index (κ2) is 5.72. The van der Waals surface area contributed by atoms with Gasteiger partial charge < -0.3 is 10.2 Å². The minimum Gasteiger partial charge on any atom is -0.507 e. The van der Waals surface area contributed by atoms with Gasteiger partial charge in [-0.1, -0.05) is 13.3 Å². The third-order valence-electron chi connectivity index (χ3n) is 2.27. The fourth-order valence-electron chi connectivity index (χ4n) is 1.34. The predicted molar refractivity (Wildman–Crippen MR) is 67.4 cm³/mol. The summed E-state index contributed by atoms with van der Waals surface area (Å²) in [5, 5.41) is 18.1. The Kier molecular flexibility index (Phi) is 4.55. The number of nitrogens with one attached hydrogen (secondary N) is 1. The number of carboxylic acid groups (broad SMARTS) is 1. The van der Waals surface area contributed by atoms with Crippen LogP contribution in [-0.2, 0) is 10.0 Å². The van der Waals surface area contributed by atoms with Gasteiger partial charge in [0.1, 0.15) is 11.3 Å². The summed E-state index contributed by atoms with van der Waals surface area (Å²) in [5.74, 6) is -1.75. The van der Waals surface area contributed by atoms with Gasteiger partial charge in [-0.15, -0.1) is 0 Å². The van der Waals surface area contributed by atoms with Crippen LogP contribution in [0.4, 0.5) is 5.69 Å². The lowest BCUT2D eigenvalue weighted by Crippen LogP contribution is -2.16. The van der Waals surface area contributed by atoms with Crippen LogP contribution in [0.15, 0.2) is 18.2 Å². The van der Waals surface area contributed by atoms with Crippen LogP contribution in [0.25, 0.3) is 0 Å². The van der Waals surface area contributed by atoms with Gasteiger partial charge in [-0.3, -0.25) is 4.72 Å². The Morgan fingerprint density at radius 1 is 1.39 bits per heavy atom. The van der Waals surface area contributed by atoms with Crippen LogP contribution in [0.2, 0.25) is 0 Å². The predicted octanol–water partition coefficient (Wildman–Crippen LogP) is 1.63. The van der Waals surface area contributed by atoms with Gasteiger partial charge in [0.2, 0.25) is 10.0 Å². The normalized spacial score (nSPS) is 11.2. The molecule has 1 rings (SSSR count). The minimum atomic E-state index is -3.46. The first kappa shape index (κ1) is 14.3. The molecule has 18 heavy (non-hydrogen) atoms.